The first-order valence-electron chi connectivity index (χ1n) is 5.86. The van der Waals surface area contributed by atoms with Gasteiger partial charge in [0, 0.05) is 0 Å². The van der Waals surface area contributed by atoms with E-state index < -0.39 is 17.1 Å². The summed E-state index contributed by atoms with van der Waals surface area (Å²) in [4.78, 5) is 26.7. The highest BCUT2D eigenvalue weighted by Gasteiger charge is 2.15. The zero-order valence-electron chi connectivity index (χ0n) is 10.8. The Balaban J connectivity index is 2.87. The second-order valence-corrected chi connectivity index (χ2v) is 5.50. The molecule has 0 spiro atoms. The zero-order chi connectivity index (χ0) is 15.0. The summed E-state index contributed by atoms with van der Waals surface area (Å²) in [7, 11) is 0. The Labute approximate surface area is 127 Å². The molecule has 0 fully saturated rings. The number of hydrogen-bond acceptors (Lipinski definition) is 2. The van der Waals surface area contributed by atoms with Gasteiger partial charge in [0.25, 0.3) is 5.56 Å². The number of hydrogen-bond donors (Lipinski definition) is 1. The highest BCUT2D eigenvalue weighted by Crippen LogP contribution is 2.22. The SMILES string of the molecule is CCc1c(Cl)[nH]c(=O)n(-c2cc(F)c(Br)cc2C)c1=O. The van der Waals surface area contributed by atoms with E-state index in [1.54, 1.807) is 13.8 Å². The Morgan fingerprint density at radius 1 is 1.40 bits per heavy atom. The van der Waals surface area contributed by atoms with Gasteiger partial charge in [-0.3, -0.25) is 9.78 Å². The molecule has 1 heterocycles. The smallest absolute Gasteiger partial charge is 0.297 e. The third-order valence-corrected chi connectivity index (χ3v) is 3.91. The monoisotopic (exact) mass is 360 g/mol. The first kappa shape index (κ1) is 15.0. The standard InChI is InChI=1S/C13H11BrClFN2O2/c1-3-7-11(15)17-13(20)18(12(7)19)10-5-9(16)8(14)4-6(10)2/h4-5H,3H2,1-2H3,(H,17,20). The quantitative estimate of drug-likeness (QED) is 0.836. The molecule has 0 atom stereocenters. The molecular formula is C13H11BrClFN2O2. The molecule has 2 aromatic rings. The Kier molecular flexibility index (Phi) is 4.15. The molecule has 0 bridgehead atoms. The van der Waals surface area contributed by atoms with E-state index in [0.29, 0.717) is 12.0 Å². The van der Waals surface area contributed by atoms with E-state index >= 15 is 0 Å². The van der Waals surface area contributed by atoms with E-state index in [9.17, 15) is 14.0 Å². The van der Waals surface area contributed by atoms with Crippen LogP contribution in [0.1, 0.15) is 18.1 Å². The van der Waals surface area contributed by atoms with Crippen molar-refractivity contribution in [1.29, 1.82) is 0 Å². The summed E-state index contributed by atoms with van der Waals surface area (Å²) in [5.41, 5.74) is -0.152. The van der Waals surface area contributed by atoms with Gasteiger partial charge < -0.3 is 0 Å². The van der Waals surface area contributed by atoms with Gasteiger partial charge >= 0.3 is 5.69 Å². The lowest BCUT2D eigenvalue weighted by Crippen LogP contribution is -2.36. The number of aromatic amines is 1. The van der Waals surface area contributed by atoms with E-state index in [1.807, 2.05) is 0 Å². The molecule has 7 heteroatoms. The Hall–Kier alpha value is -1.40. The van der Waals surface area contributed by atoms with Gasteiger partial charge in [0.05, 0.1) is 15.7 Å². The average Bonchev–Trinajstić information content (AvgIpc) is 2.35. The van der Waals surface area contributed by atoms with Gasteiger partial charge in [-0.25, -0.2) is 13.8 Å². The van der Waals surface area contributed by atoms with Crippen molar-refractivity contribution >= 4 is 27.5 Å². The summed E-state index contributed by atoms with van der Waals surface area (Å²) in [6, 6.07) is 2.65. The minimum absolute atomic E-state index is 0.0222. The number of benzene rings is 1. The van der Waals surface area contributed by atoms with Crippen LogP contribution in [0, 0.1) is 12.7 Å². The third kappa shape index (κ3) is 2.45. The van der Waals surface area contributed by atoms with E-state index in [2.05, 4.69) is 20.9 Å². The summed E-state index contributed by atoms with van der Waals surface area (Å²) in [6.45, 7) is 3.44. The third-order valence-electron chi connectivity index (χ3n) is 2.98. The number of aryl methyl sites for hydroxylation is 1. The number of H-pyrrole nitrogens is 1. The molecular weight excluding hydrogens is 351 g/mol. The lowest BCUT2D eigenvalue weighted by molar-refractivity contribution is 0.618. The van der Waals surface area contributed by atoms with Crippen LogP contribution in [0.2, 0.25) is 5.15 Å². The molecule has 1 aromatic heterocycles. The zero-order valence-corrected chi connectivity index (χ0v) is 13.1. The fourth-order valence-electron chi connectivity index (χ4n) is 1.95. The molecule has 0 saturated heterocycles. The van der Waals surface area contributed by atoms with Crippen LogP contribution in [-0.2, 0) is 6.42 Å². The van der Waals surface area contributed by atoms with Crippen molar-refractivity contribution in [3.05, 3.63) is 59.5 Å². The number of halogens is 3. The molecule has 0 unspecified atom stereocenters. The van der Waals surface area contributed by atoms with Crippen LogP contribution in [-0.4, -0.2) is 9.55 Å². The van der Waals surface area contributed by atoms with Gasteiger partial charge in [-0.2, -0.15) is 0 Å². The first-order valence-corrected chi connectivity index (χ1v) is 7.03. The predicted molar refractivity (Wildman–Crippen MR) is 79.4 cm³/mol. The predicted octanol–water partition coefficient (Wildman–Crippen LogP) is 2.95. The topological polar surface area (TPSA) is 54.9 Å². The van der Waals surface area contributed by atoms with E-state index in [4.69, 9.17) is 11.6 Å². The normalized spacial score (nSPS) is 10.8. The molecule has 0 radical (unpaired) electrons. The number of nitrogens with zero attached hydrogens (tertiary/aromatic N) is 1. The maximum absolute atomic E-state index is 13.7. The fraction of sp³-hybridized carbons (Fsp3) is 0.231. The number of nitrogens with one attached hydrogen (secondary N) is 1. The maximum atomic E-state index is 13.7. The molecule has 20 heavy (non-hydrogen) atoms. The van der Waals surface area contributed by atoms with Crippen LogP contribution in [0.5, 0.6) is 0 Å². The largest absolute Gasteiger partial charge is 0.334 e. The average molecular weight is 362 g/mol. The van der Waals surface area contributed by atoms with Crippen molar-refractivity contribution in [2.75, 3.05) is 0 Å². The summed E-state index contributed by atoms with van der Waals surface area (Å²) >= 11 is 8.90. The molecule has 0 aliphatic rings. The summed E-state index contributed by atoms with van der Waals surface area (Å²) in [5, 5.41) is 0.0222. The van der Waals surface area contributed by atoms with Gasteiger partial charge in [-0.15, -0.1) is 0 Å². The van der Waals surface area contributed by atoms with Crippen LogP contribution in [0.4, 0.5) is 4.39 Å². The Bertz CT molecular complexity index is 798. The lowest BCUT2D eigenvalue weighted by atomic mass is 10.2. The highest BCUT2D eigenvalue weighted by atomic mass is 79.9. The number of aromatic nitrogens is 2. The summed E-state index contributed by atoms with van der Waals surface area (Å²) < 4.78 is 14.8. The number of rotatable bonds is 2. The van der Waals surface area contributed by atoms with Crippen LogP contribution < -0.4 is 11.2 Å². The fourth-order valence-corrected chi connectivity index (χ4v) is 2.70. The second kappa shape index (κ2) is 5.54. The Morgan fingerprint density at radius 2 is 2.05 bits per heavy atom. The van der Waals surface area contributed by atoms with E-state index in [-0.39, 0.29) is 20.9 Å². The van der Waals surface area contributed by atoms with Crippen molar-refractivity contribution in [2.24, 2.45) is 0 Å². The molecule has 0 aliphatic heterocycles. The van der Waals surface area contributed by atoms with Gasteiger partial charge in [-0.05, 0) is 47.0 Å². The molecule has 0 amide bonds. The van der Waals surface area contributed by atoms with Gasteiger partial charge in [0.2, 0.25) is 0 Å². The van der Waals surface area contributed by atoms with Gasteiger partial charge in [0.1, 0.15) is 11.0 Å². The van der Waals surface area contributed by atoms with Crippen LogP contribution in [0.15, 0.2) is 26.2 Å². The molecule has 0 aliphatic carbocycles. The van der Waals surface area contributed by atoms with Crippen molar-refractivity contribution in [1.82, 2.24) is 9.55 Å². The molecule has 2 rings (SSSR count). The Morgan fingerprint density at radius 3 is 2.65 bits per heavy atom. The van der Waals surface area contributed by atoms with Crippen molar-refractivity contribution in [3.63, 3.8) is 0 Å². The summed E-state index contributed by atoms with van der Waals surface area (Å²) in [5.74, 6) is -0.551. The highest BCUT2D eigenvalue weighted by molar-refractivity contribution is 9.10. The van der Waals surface area contributed by atoms with Crippen LogP contribution >= 0.6 is 27.5 Å². The summed E-state index contributed by atoms with van der Waals surface area (Å²) in [6.07, 6.45) is 0.368. The van der Waals surface area contributed by atoms with Gasteiger partial charge in [-0.1, -0.05) is 18.5 Å². The maximum Gasteiger partial charge on any atom is 0.334 e. The van der Waals surface area contributed by atoms with Crippen molar-refractivity contribution in [2.45, 2.75) is 20.3 Å². The lowest BCUT2D eigenvalue weighted by Gasteiger charge is -2.11. The van der Waals surface area contributed by atoms with E-state index in [1.165, 1.54) is 6.07 Å². The minimum Gasteiger partial charge on any atom is -0.297 e. The molecule has 4 nitrogen and oxygen atoms in total. The van der Waals surface area contributed by atoms with Crippen LogP contribution in [0.3, 0.4) is 0 Å². The molecule has 0 saturated carbocycles. The molecule has 1 aromatic carbocycles. The minimum atomic E-state index is -0.693. The second-order valence-electron chi connectivity index (χ2n) is 4.27. The van der Waals surface area contributed by atoms with E-state index in [0.717, 1.165) is 10.6 Å². The van der Waals surface area contributed by atoms with Crippen molar-refractivity contribution in [3.8, 4) is 5.69 Å². The first-order chi connectivity index (χ1) is 9.36. The van der Waals surface area contributed by atoms with Crippen LogP contribution in [0.25, 0.3) is 5.69 Å². The molecule has 106 valence electrons. The van der Waals surface area contributed by atoms with Gasteiger partial charge in [0.15, 0.2) is 0 Å². The molecule has 1 N–H and O–H groups in total. The van der Waals surface area contributed by atoms with Crippen molar-refractivity contribution < 1.29 is 4.39 Å².